The fourth-order valence-electron chi connectivity index (χ4n) is 2.13. The Morgan fingerprint density at radius 3 is 2.38 bits per heavy atom. The first-order valence-electron chi connectivity index (χ1n) is 7.34. The Kier molecular flexibility index (Phi) is 6.34. The number of anilines is 1. The van der Waals surface area contributed by atoms with Crippen LogP contribution in [0.3, 0.4) is 0 Å². The van der Waals surface area contributed by atoms with Gasteiger partial charge >= 0.3 is 0 Å². The fourth-order valence-corrected chi connectivity index (χ4v) is 3.22. The van der Waals surface area contributed by atoms with Crippen molar-refractivity contribution >= 4 is 55.1 Å². The maximum atomic E-state index is 12.1. The molecule has 0 saturated carbocycles. The molecule has 0 unspecified atom stereocenters. The lowest BCUT2D eigenvalue weighted by atomic mass is 9.86. The van der Waals surface area contributed by atoms with Crippen LogP contribution in [0.15, 0.2) is 45.3 Å². The number of benzene rings is 2. The highest BCUT2D eigenvalue weighted by atomic mass is 79.9. The normalized spacial score (nSPS) is 11.2. The Balaban J connectivity index is 2.07. The molecule has 0 spiro atoms. The molecule has 0 fully saturated rings. The van der Waals surface area contributed by atoms with Crippen molar-refractivity contribution < 1.29 is 9.53 Å². The molecule has 2 aromatic carbocycles. The van der Waals surface area contributed by atoms with E-state index in [4.69, 9.17) is 16.3 Å². The molecular formula is C18H18Br2ClNO2. The monoisotopic (exact) mass is 473 g/mol. The standard InChI is InChI=1S/C18H18Br2ClNO2/c1-18(2,3)13-8-11(19)5-7-16(13)24-10-17(23)22-15-6-4-12(20)9-14(15)21/h4-9H,10H2,1-3H3,(H,22,23). The second kappa shape index (κ2) is 7.89. The minimum Gasteiger partial charge on any atom is -0.483 e. The molecule has 1 amide bonds. The van der Waals surface area contributed by atoms with Crippen molar-refractivity contribution in [1.82, 2.24) is 0 Å². The predicted octanol–water partition coefficient (Wildman–Crippen LogP) is 6.18. The summed E-state index contributed by atoms with van der Waals surface area (Å²) in [7, 11) is 0. The van der Waals surface area contributed by atoms with E-state index in [9.17, 15) is 4.79 Å². The molecule has 0 aromatic heterocycles. The highest BCUT2D eigenvalue weighted by Crippen LogP contribution is 2.33. The van der Waals surface area contributed by atoms with Gasteiger partial charge in [-0.15, -0.1) is 0 Å². The SMILES string of the molecule is CC(C)(C)c1cc(Br)ccc1OCC(=O)Nc1ccc(Br)cc1Cl. The number of carbonyl (C=O) groups excluding carboxylic acids is 1. The van der Waals surface area contributed by atoms with E-state index >= 15 is 0 Å². The van der Waals surface area contributed by atoms with E-state index in [2.05, 4.69) is 57.9 Å². The summed E-state index contributed by atoms with van der Waals surface area (Å²) in [6.45, 7) is 6.22. The summed E-state index contributed by atoms with van der Waals surface area (Å²) in [5.74, 6) is 0.435. The largest absolute Gasteiger partial charge is 0.483 e. The number of nitrogens with one attached hydrogen (secondary N) is 1. The second-order valence-electron chi connectivity index (χ2n) is 6.35. The van der Waals surface area contributed by atoms with Gasteiger partial charge < -0.3 is 10.1 Å². The fraction of sp³-hybridized carbons (Fsp3) is 0.278. The first-order valence-corrected chi connectivity index (χ1v) is 9.31. The number of carbonyl (C=O) groups is 1. The van der Waals surface area contributed by atoms with E-state index in [1.165, 1.54) is 0 Å². The van der Waals surface area contributed by atoms with E-state index in [0.717, 1.165) is 14.5 Å². The van der Waals surface area contributed by atoms with E-state index < -0.39 is 0 Å². The van der Waals surface area contributed by atoms with Gasteiger partial charge in [-0.1, -0.05) is 64.2 Å². The van der Waals surface area contributed by atoms with Gasteiger partial charge in [0.25, 0.3) is 5.91 Å². The molecule has 3 nitrogen and oxygen atoms in total. The summed E-state index contributed by atoms with van der Waals surface area (Å²) >= 11 is 12.9. The molecule has 2 aromatic rings. The van der Waals surface area contributed by atoms with Crippen LogP contribution in [0.1, 0.15) is 26.3 Å². The Morgan fingerprint density at radius 2 is 1.75 bits per heavy atom. The van der Waals surface area contributed by atoms with Crippen LogP contribution in [-0.4, -0.2) is 12.5 Å². The van der Waals surface area contributed by atoms with Crippen molar-refractivity contribution in [3.8, 4) is 5.75 Å². The lowest BCUT2D eigenvalue weighted by Gasteiger charge is -2.23. The van der Waals surface area contributed by atoms with E-state index in [0.29, 0.717) is 16.5 Å². The van der Waals surface area contributed by atoms with Crippen LogP contribution in [0.5, 0.6) is 5.75 Å². The van der Waals surface area contributed by atoms with Gasteiger partial charge in [-0.2, -0.15) is 0 Å². The third-order valence-corrected chi connectivity index (χ3v) is 4.61. The molecule has 0 radical (unpaired) electrons. The summed E-state index contributed by atoms with van der Waals surface area (Å²) < 4.78 is 7.56. The summed E-state index contributed by atoms with van der Waals surface area (Å²) in [6, 6.07) is 11.1. The van der Waals surface area contributed by atoms with Crippen LogP contribution in [-0.2, 0) is 10.2 Å². The predicted molar refractivity (Wildman–Crippen MR) is 106 cm³/mol. The van der Waals surface area contributed by atoms with Crippen LogP contribution in [0.25, 0.3) is 0 Å². The number of halogens is 3. The summed E-state index contributed by atoms with van der Waals surface area (Å²) in [5.41, 5.74) is 1.50. The highest BCUT2D eigenvalue weighted by molar-refractivity contribution is 9.10. The topological polar surface area (TPSA) is 38.3 Å². The maximum absolute atomic E-state index is 12.1. The smallest absolute Gasteiger partial charge is 0.262 e. The van der Waals surface area contributed by atoms with Crippen LogP contribution in [0.2, 0.25) is 5.02 Å². The molecule has 0 heterocycles. The van der Waals surface area contributed by atoms with Crippen molar-refractivity contribution in [2.75, 3.05) is 11.9 Å². The Hall–Kier alpha value is -1.04. The molecular weight excluding hydrogens is 457 g/mol. The lowest BCUT2D eigenvalue weighted by molar-refractivity contribution is -0.118. The van der Waals surface area contributed by atoms with Crippen LogP contribution < -0.4 is 10.1 Å². The molecule has 0 bridgehead atoms. The highest BCUT2D eigenvalue weighted by Gasteiger charge is 2.20. The molecule has 0 saturated heterocycles. The van der Waals surface area contributed by atoms with Crippen LogP contribution in [0, 0.1) is 0 Å². The number of ether oxygens (including phenoxy) is 1. The van der Waals surface area contributed by atoms with Crippen molar-refractivity contribution in [3.63, 3.8) is 0 Å². The Labute approximate surface area is 164 Å². The molecule has 24 heavy (non-hydrogen) atoms. The summed E-state index contributed by atoms with van der Waals surface area (Å²) in [6.07, 6.45) is 0. The molecule has 128 valence electrons. The van der Waals surface area contributed by atoms with E-state index in [-0.39, 0.29) is 17.9 Å². The molecule has 0 aliphatic carbocycles. The number of hydrogen-bond donors (Lipinski definition) is 1. The average molecular weight is 476 g/mol. The van der Waals surface area contributed by atoms with Gasteiger partial charge in [0.15, 0.2) is 6.61 Å². The Bertz CT molecular complexity index is 757. The first-order chi connectivity index (χ1) is 11.2. The average Bonchev–Trinajstić information content (AvgIpc) is 2.48. The zero-order valence-corrected chi connectivity index (χ0v) is 17.5. The van der Waals surface area contributed by atoms with E-state index in [1.54, 1.807) is 12.1 Å². The quantitative estimate of drug-likeness (QED) is 0.573. The number of rotatable bonds is 4. The van der Waals surface area contributed by atoms with Crippen molar-refractivity contribution in [1.29, 1.82) is 0 Å². The lowest BCUT2D eigenvalue weighted by Crippen LogP contribution is -2.22. The number of hydrogen-bond acceptors (Lipinski definition) is 2. The van der Waals surface area contributed by atoms with E-state index in [1.807, 2.05) is 24.3 Å². The van der Waals surface area contributed by atoms with Gasteiger partial charge in [-0.3, -0.25) is 4.79 Å². The maximum Gasteiger partial charge on any atom is 0.262 e. The third-order valence-electron chi connectivity index (χ3n) is 3.31. The third kappa shape index (κ3) is 5.23. The zero-order chi connectivity index (χ0) is 17.9. The Morgan fingerprint density at radius 1 is 1.12 bits per heavy atom. The molecule has 6 heteroatoms. The van der Waals surface area contributed by atoms with Gasteiger partial charge in [0, 0.05) is 14.5 Å². The first kappa shape index (κ1) is 19.3. The van der Waals surface area contributed by atoms with Gasteiger partial charge in [-0.05, 0) is 41.8 Å². The van der Waals surface area contributed by atoms with Crippen molar-refractivity contribution in [2.45, 2.75) is 26.2 Å². The van der Waals surface area contributed by atoms with Crippen LogP contribution in [0.4, 0.5) is 5.69 Å². The van der Waals surface area contributed by atoms with Crippen LogP contribution >= 0.6 is 43.5 Å². The molecule has 0 atom stereocenters. The number of amides is 1. The van der Waals surface area contributed by atoms with Crippen molar-refractivity contribution in [2.24, 2.45) is 0 Å². The van der Waals surface area contributed by atoms with Crippen molar-refractivity contribution in [3.05, 3.63) is 55.9 Å². The minimum absolute atomic E-state index is 0.0862. The second-order valence-corrected chi connectivity index (χ2v) is 8.59. The zero-order valence-electron chi connectivity index (χ0n) is 13.6. The minimum atomic E-state index is -0.262. The molecule has 0 aliphatic rings. The molecule has 1 N–H and O–H groups in total. The molecule has 0 aliphatic heterocycles. The van der Waals surface area contributed by atoms with Gasteiger partial charge in [0.2, 0.25) is 0 Å². The summed E-state index contributed by atoms with van der Waals surface area (Å²) in [4.78, 5) is 12.1. The van der Waals surface area contributed by atoms with Gasteiger partial charge in [-0.25, -0.2) is 0 Å². The van der Waals surface area contributed by atoms with Gasteiger partial charge in [0.05, 0.1) is 10.7 Å². The van der Waals surface area contributed by atoms with Gasteiger partial charge in [0.1, 0.15) is 5.75 Å². The molecule has 2 rings (SSSR count). The summed E-state index contributed by atoms with van der Waals surface area (Å²) in [5, 5.41) is 3.22.